The molecular formula is C12H19NOS. The Balaban J connectivity index is 2.36. The van der Waals surface area contributed by atoms with Crippen LogP contribution in [0.3, 0.4) is 0 Å². The van der Waals surface area contributed by atoms with Crippen molar-refractivity contribution in [1.29, 1.82) is 0 Å². The van der Waals surface area contributed by atoms with Crippen LogP contribution in [0.15, 0.2) is 24.3 Å². The van der Waals surface area contributed by atoms with Crippen molar-refractivity contribution < 1.29 is 4.74 Å². The van der Waals surface area contributed by atoms with E-state index >= 15 is 0 Å². The van der Waals surface area contributed by atoms with Gasteiger partial charge in [-0.05, 0) is 43.2 Å². The highest BCUT2D eigenvalue weighted by Crippen LogP contribution is 2.13. The Hall–Kier alpha value is -0.670. The quantitative estimate of drug-likeness (QED) is 0.721. The highest BCUT2D eigenvalue weighted by molar-refractivity contribution is 7.98. The lowest BCUT2D eigenvalue weighted by Crippen LogP contribution is -2.05. The third-order valence-corrected chi connectivity index (χ3v) is 2.74. The topological polar surface area (TPSA) is 21.3 Å². The molecule has 0 saturated carbocycles. The summed E-state index contributed by atoms with van der Waals surface area (Å²) in [5.41, 5.74) is 1.26. The van der Waals surface area contributed by atoms with Crippen molar-refractivity contribution >= 4 is 11.8 Å². The Morgan fingerprint density at radius 1 is 1.40 bits per heavy atom. The predicted molar refractivity (Wildman–Crippen MR) is 67.7 cm³/mol. The standard InChI is InChI=1S/C12H19NOS/c1-13-10-11-5-3-6-12(9-11)14-7-4-8-15-2/h3,5-6,9,13H,4,7-8,10H2,1-2H3. The fourth-order valence-corrected chi connectivity index (χ4v) is 1.75. The molecule has 3 heteroatoms. The SMILES string of the molecule is CNCc1cccc(OCCCSC)c1. The van der Waals surface area contributed by atoms with Crippen LogP contribution in [0.4, 0.5) is 0 Å². The van der Waals surface area contributed by atoms with Gasteiger partial charge < -0.3 is 10.1 Å². The first-order valence-corrected chi connectivity index (χ1v) is 6.61. The van der Waals surface area contributed by atoms with E-state index in [1.807, 2.05) is 30.9 Å². The number of benzene rings is 1. The minimum Gasteiger partial charge on any atom is -0.494 e. The zero-order valence-electron chi connectivity index (χ0n) is 9.45. The van der Waals surface area contributed by atoms with E-state index in [-0.39, 0.29) is 0 Å². The lowest BCUT2D eigenvalue weighted by molar-refractivity contribution is 0.318. The molecule has 84 valence electrons. The molecule has 1 aromatic rings. The van der Waals surface area contributed by atoms with Gasteiger partial charge in [0, 0.05) is 6.54 Å². The van der Waals surface area contributed by atoms with Crippen molar-refractivity contribution in [1.82, 2.24) is 5.32 Å². The maximum Gasteiger partial charge on any atom is 0.119 e. The van der Waals surface area contributed by atoms with Crippen molar-refractivity contribution in [3.8, 4) is 5.75 Å². The number of rotatable bonds is 7. The second-order valence-corrected chi connectivity index (χ2v) is 4.36. The molecular weight excluding hydrogens is 206 g/mol. The summed E-state index contributed by atoms with van der Waals surface area (Å²) in [5.74, 6) is 2.14. The number of hydrogen-bond donors (Lipinski definition) is 1. The van der Waals surface area contributed by atoms with Gasteiger partial charge in [-0.2, -0.15) is 11.8 Å². The van der Waals surface area contributed by atoms with Crippen LogP contribution in [-0.2, 0) is 6.54 Å². The van der Waals surface area contributed by atoms with Crippen molar-refractivity contribution in [3.05, 3.63) is 29.8 Å². The lowest BCUT2D eigenvalue weighted by Gasteiger charge is -2.07. The van der Waals surface area contributed by atoms with E-state index in [0.717, 1.165) is 31.1 Å². The van der Waals surface area contributed by atoms with Crippen LogP contribution >= 0.6 is 11.8 Å². The summed E-state index contributed by atoms with van der Waals surface area (Å²) in [5, 5.41) is 3.13. The number of nitrogens with one attached hydrogen (secondary N) is 1. The van der Waals surface area contributed by atoms with Crippen LogP contribution in [0, 0.1) is 0 Å². The van der Waals surface area contributed by atoms with Crippen LogP contribution in [0.25, 0.3) is 0 Å². The molecule has 0 unspecified atom stereocenters. The van der Waals surface area contributed by atoms with E-state index in [0.29, 0.717) is 0 Å². The molecule has 2 nitrogen and oxygen atoms in total. The normalized spacial score (nSPS) is 10.3. The first-order chi connectivity index (χ1) is 7.36. The van der Waals surface area contributed by atoms with E-state index in [9.17, 15) is 0 Å². The third-order valence-electron chi connectivity index (χ3n) is 2.04. The molecule has 0 saturated heterocycles. The smallest absolute Gasteiger partial charge is 0.119 e. The molecule has 1 aromatic carbocycles. The Kier molecular flexibility index (Phi) is 6.28. The van der Waals surface area contributed by atoms with Gasteiger partial charge in [-0.1, -0.05) is 12.1 Å². The van der Waals surface area contributed by atoms with Gasteiger partial charge in [-0.3, -0.25) is 0 Å². The molecule has 0 aromatic heterocycles. The molecule has 15 heavy (non-hydrogen) atoms. The van der Waals surface area contributed by atoms with Gasteiger partial charge in [0.15, 0.2) is 0 Å². The second-order valence-electron chi connectivity index (χ2n) is 3.37. The molecule has 0 bridgehead atoms. The first-order valence-electron chi connectivity index (χ1n) is 5.22. The zero-order chi connectivity index (χ0) is 10.9. The third kappa shape index (κ3) is 5.09. The van der Waals surface area contributed by atoms with Crippen LogP contribution in [0.5, 0.6) is 5.75 Å². The van der Waals surface area contributed by atoms with Gasteiger partial charge in [-0.15, -0.1) is 0 Å². The van der Waals surface area contributed by atoms with Gasteiger partial charge in [0.1, 0.15) is 5.75 Å². The van der Waals surface area contributed by atoms with Gasteiger partial charge in [0.2, 0.25) is 0 Å². The number of ether oxygens (including phenoxy) is 1. The van der Waals surface area contributed by atoms with Crippen molar-refractivity contribution in [2.24, 2.45) is 0 Å². The molecule has 0 spiro atoms. The molecule has 1 N–H and O–H groups in total. The monoisotopic (exact) mass is 225 g/mol. The van der Waals surface area contributed by atoms with E-state index in [4.69, 9.17) is 4.74 Å². The number of thioether (sulfide) groups is 1. The summed E-state index contributed by atoms with van der Waals surface area (Å²) < 4.78 is 5.65. The van der Waals surface area contributed by atoms with Gasteiger partial charge in [0.05, 0.1) is 6.61 Å². The first kappa shape index (κ1) is 12.4. The maximum absolute atomic E-state index is 5.65. The predicted octanol–water partition coefficient (Wildman–Crippen LogP) is 2.54. The van der Waals surface area contributed by atoms with Crippen molar-refractivity contribution in [2.45, 2.75) is 13.0 Å². The molecule has 0 radical (unpaired) electrons. The summed E-state index contributed by atoms with van der Waals surface area (Å²) in [6, 6.07) is 8.25. The van der Waals surface area contributed by atoms with Gasteiger partial charge >= 0.3 is 0 Å². The summed E-state index contributed by atoms with van der Waals surface area (Å²) >= 11 is 1.86. The van der Waals surface area contributed by atoms with Gasteiger partial charge in [-0.25, -0.2) is 0 Å². The molecule has 0 atom stereocenters. The molecule has 0 fully saturated rings. The lowest BCUT2D eigenvalue weighted by atomic mass is 10.2. The fourth-order valence-electron chi connectivity index (χ4n) is 1.34. The van der Waals surface area contributed by atoms with Crippen molar-refractivity contribution in [2.75, 3.05) is 25.7 Å². The molecule has 0 heterocycles. The van der Waals surface area contributed by atoms with E-state index in [1.54, 1.807) is 0 Å². The Bertz CT molecular complexity index is 278. The number of hydrogen-bond acceptors (Lipinski definition) is 3. The van der Waals surface area contributed by atoms with E-state index in [2.05, 4.69) is 23.7 Å². The molecule has 0 aliphatic rings. The molecule has 0 aliphatic carbocycles. The summed E-state index contributed by atoms with van der Waals surface area (Å²) in [7, 11) is 1.95. The summed E-state index contributed by atoms with van der Waals surface area (Å²) in [4.78, 5) is 0. The van der Waals surface area contributed by atoms with Crippen LogP contribution < -0.4 is 10.1 Å². The van der Waals surface area contributed by atoms with Gasteiger partial charge in [0.25, 0.3) is 0 Å². The highest BCUT2D eigenvalue weighted by Gasteiger charge is 1.95. The molecule has 0 amide bonds. The van der Waals surface area contributed by atoms with E-state index < -0.39 is 0 Å². The Morgan fingerprint density at radius 2 is 2.27 bits per heavy atom. The van der Waals surface area contributed by atoms with E-state index in [1.165, 1.54) is 5.56 Å². The highest BCUT2D eigenvalue weighted by atomic mass is 32.2. The van der Waals surface area contributed by atoms with Crippen LogP contribution in [0.1, 0.15) is 12.0 Å². The zero-order valence-corrected chi connectivity index (χ0v) is 10.3. The molecule has 0 aliphatic heterocycles. The van der Waals surface area contributed by atoms with Crippen LogP contribution in [0.2, 0.25) is 0 Å². The fraction of sp³-hybridized carbons (Fsp3) is 0.500. The minimum atomic E-state index is 0.809. The average molecular weight is 225 g/mol. The summed E-state index contributed by atoms with van der Waals surface area (Å²) in [6.45, 7) is 1.70. The molecule has 1 rings (SSSR count). The Labute approximate surface area is 96.4 Å². The Morgan fingerprint density at radius 3 is 3.00 bits per heavy atom. The minimum absolute atomic E-state index is 0.809. The maximum atomic E-state index is 5.65. The summed E-state index contributed by atoms with van der Waals surface area (Å²) in [6.07, 6.45) is 3.23. The average Bonchev–Trinajstić information content (AvgIpc) is 2.26. The largest absolute Gasteiger partial charge is 0.494 e. The van der Waals surface area contributed by atoms with Crippen LogP contribution in [-0.4, -0.2) is 25.7 Å². The van der Waals surface area contributed by atoms with Crippen molar-refractivity contribution in [3.63, 3.8) is 0 Å². The second kappa shape index (κ2) is 7.60.